The molecule has 0 aromatic carbocycles. The van der Waals surface area contributed by atoms with E-state index in [-0.39, 0.29) is 35.5 Å². The van der Waals surface area contributed by atoms with E-state index in [9.17, 15) is 0 Å². The van der Waals surface area contributed by atoms with E-state index in [1.54, 1.807) is 0 Å². The van der Waals surface area contributed by atoms with Crippen molar-refractivity contribution in [3.8, 4) is 0 Å². The number of halogens is 1. The Hall–Kier alpha value is 0.944. The van der Waals surface area contributed by atoms with E-state index in [4.69, 9.17) is 15.3 Å². The van der Waals surface area contributed by atoms with Crippen molar-refractivity contribution in [1.29, 1.82) is 0 Å². The molecule has 8 heavy (non-hydrogen) atoms. The Balaban J connectivity index is -0.00000000500. The van der Waals surface area contributed by atoms with Gasteiger partial charge in [-0.05, 0) is 0 Å². The molecule has 0 aliphatic rings. The summed E-state index contributed by atoms with van der Waals surface area (Å²) in [5.74, 6) is 0. The van der Waals surface area contributed by atoms with E-state index in [1.165, 1.54) is 0 Å². The van der Waals surface area contributed by atoms with Gasteiger partial charge in [-0.15, -0.1) is 17.0 Å². The van der Waals surface area contributed by atoms with Crippen molar-refractivity contribution in [1.82, 2.24) is 0 Å². The topological polar surface area (TPSA) is 60.7 Å². The Kier molecular flexibility index (Phi) is 1950. The van der Waals surface area contributed by atoms with Crippen molar-refractivity contribution < 1.29 is 33.9 Å². The predicted molar refractivity (Wildman–Crippen MR) is 34.8 cm³/mol. The van der Waals surface area contributed by atoms with Crippen LogP contribution in [0.4, 0.5) is 0 Å². The first-order valence-electron chi connectivity index (χ1n) is 1.34. The average Bonchev–Trinajstić information content (AvgIpc) is 1.81. The van der Waals surface area contributed by atoms with Crippen LogP contribution in [0.25, 0.3) is 0 Å². The molecule has 0 saturated carbocycles. The summed E-state index contributed by atoms with van der Waals surface area (Å²) in [6.45, 7) is 0. The van der Waals surface area contributed by atoms with E-state index in [2.05, 4.69) is 0 Å². The zero-order valence-corrected chi connectivity index (χ0v) is 8.31. The number of hydrogen-bond acceptors (Lipinski definition) is 3. The van der Waals surface area contributed by atoms with Gasteiger partial charge in [-0.3, -0.25) is 0 Å². The first-order chi connectivity index (χ1) is 3.00. The minimum Gasteiger partial charge on any atom is -0.400 e. The van der Waals surface area contributed by atoms with Crippen molar-refractivity contribution in [2.24, 2.45) is 0 Å². The Bertz CT molecular complexity index is 14.5. The van der Waals surface area contributed by atoms with Gasteiger partial charge < -0.3 is 15.3 Å². The molecule has 0 bridgehead atoms. The second kappa shape index (κ2) is 430. The Labute approximate surface area is 72.4 Å². The van der Waals surface area contributed by atoms with E-state index in [0.29, 0.717) is 0 Å². The Morgan fingerprint density at radius 2 is 0.625 bits per heavy atom. The summed E-state index contributed by atoms with van der Waals surface area (Å²) in [4.78, 5) is 0. The van der Waals surface area contributed by atoms with Gasteiger partial charge in [0.1, 0.15) is 0 Å². The van der Waals surface area contributed by atoms with Gasteiger partial charge >= 0.3 is 0 Å². The van der Waals surface area contributed by atoms with Crippen LogP contribution in [-0.4, -0.2) is 36.6 Å². The van der Waals surface area contributed by atoms with Crippen molar-refractivity contribution in [2.75, 3.05) is 21.3 Å². The third kappa shape index (κ3) is 275. The monoisotopic (exact) mass is 227 g/mol. The molecule has 0 amide bonds. The Morgan fingerprint density at radius 3 is 0.625 bits per heavy atom. The van der Waals surface area contributed by atoms with Gasteiger partial charge in [0.05, 0.1) is 0 Å². The Morgan fingerprint density at radius 1 is 0.625 bits per heavy atom. The van der Waals surface area contributed by atoms with Gasteiger partial charge in [0.25, 0.3) is 0 Å². The molecule has 0 rings (SSSR count). The normalized spacial score (nSPS) is 2.25. The van der Waals surface area contributed by atoms with Crippen molar-refractivity contribution in [2.45, 2.75) is 0 Å². The molecule has 0 spiro atoms. The quantitative estimate of drug-likeness (QED) is 0.518. The molecule has 0 fully saturated rings. The summed E-state index contributed by atoms with van der Waals surface area (Å²) in [6, 6.07) is 0. The molecular formula is C3H13BrO3V. The average molecular weight is 228 g/mol. The van der Waals surface area contributed by atoms with Crippen LogP contribution >= 0.6 is 17.0 Å². The molecule has 0 aromatic rings. The van der Waals surface area contributed by atoms with Gasteiger partial charge in [0.15, 0.2) is 0 Å². The maximum absolute atomic E-state index is 7.00. The molecular weight excluding hydrogens is 215 g/mol. The van der Waals surface area contributed by atoms with Crippen LogP contribution in [-0.2, 0) is 18.6 Å². The fourth-order valence-corrected chi connectivity index (χ4v) is 0. The number of aliphatic hydroxyl groups is 3. The predicted octanol–water partition coefficient (Wildman–Crippen LogP) is -0.599. The smallest absolute Gasteiger partial charge is 0.0319 e. The van der Waals surface area contributed by atoms with Crippen LogP contribution < -0.4 is 0 Å². The van der Waals surface area contributed by atoms with E-state index in [1.807, 2.05) is 0 Å². The summed E-state index contributed by atoms with van der Waals surface area (Å²) < 4.78 is 0. The summed E-state index contributed by atoms with van der Waals surface area (Å²) >= 11 is 0. The van der Waals surface area contributed by atoms with Crippen LogP contribution in [0.3, 0.4) is 0 Å². The van der Waals surface area contributed by atoms with Crippen molar-refractivity contribution in [3.63, 3.8) is 0 Å². The third-order valence-corrected chi connectivity index (χ3v) is 0. The second-order valence-corrected chi connectivity index (χ2v) is 0. The van der Waals surface area contributed by atoms with Gasteiger partial charge in [0.2, 0.25) is 0 Å². The summed E-state index contributed by atoms with van der Waals surface area (Å²) in [5.41, 5.74) is 0. The van der Waals surface area contributed by atoms with E-state index in [0.717, 1.165) is 21.3 Å². The minimum atomic E-state index is 0. The second-order valence-electron chi connectivity index (χ2n) is 0. The summed E-state index contributed by atoms with van der Waals surface area (Å²) in [5, 5.41) is 21.0. The first kappa shape index (κ1) is 36.3. The van der Waals surface area contributed by atoms with E-state index < -0.39 is 0 Å². The molecule has 0 saturated heterocycles. The molecule has 55 valence electrons. The van der Waals surface area contributed by atoms with Crippen LogP contribution in [0.2, 0.25) is 0 Å². The first-order valence-corrected chi connectivity index (χ1v) is 1.34. The van der Waals surface area contributed by atoms with Crippen molar-refractivity contribution in [3.05, 3.63) is 0 Å². The molecule has 0 aliphatic carbocycles. The third-order valence-electron chi connectivity index (χ3n) is 0. The molecule has 3 N–H and O–H groups in total. The number of aliphatic hydroxyl groups excluding tert-OH is 3. The number of hydrogen-bond donors (Lipinski definition) is 3. The molecule has 5 heteroatoms. The van der Waals surface area contributed by atoms with Crippen LogP contribution in [0, 0.1) is 0 Å². The summed E-state index contributed by atoms with van der Waals surface area (Å²) in [7, 11) is 3.00. The molecule has 3 nitrogen and oxygen atoms in total. The molecule has 0 heterocycles. The fraction of sp³-hybridized carbons (Fsp3) is 1.00. The minimum absolute atomic E-state index is 0. The zero-order chi connectivity index (χ0) is 6.00. The van der Waals surface area contributed by atoms with E-state index >= 15 is 0 Å². The largest absolute Gasteiger partial charge is 0.400 e. The van der Waals surface area contributed by atoms with Crippen LogP contribution in [0.15, 0.2) is 0 Å². The van der Waals surface area contributed by atoms with Crippen molar-refractivity contribution >= 4 is 17.0 Å². The van der Waals surface area contributed by atoms with Gasteiger partial charge in [-0.2, -0.15) is 0 Å². The zero-order valence-electron chi connectivity index (χ0n) is 5.20. The summed E-state index contributed by atoms with van der Waals surface area (Å²) in [6.07, 6.45) is 0. The van der Waals surface area contributed by atoms with Gasteiger partial charge in [-0.25, -0.2) is 0 Å². The van der Waals surface area contributed by atoms with Gasteiger partial charge in [0, 0.05) is 39.9 Å². The molecule has 1 radical (unpaired) electrons. The van der Waals surface area contributed by atoms with Gasteiger partial charge in [-0.1, -0.05) is 0 Å². The molecule has 0 atom stereocenters. The van der Waals surface area contributed by atoms with Crippen LogP contribution in [0.5, 0.6) is 0 Å². The number of rotatable bonds is 0. The standard InChI is InChI=1S/3CH4O.BrH.V/c3*1-2;;/h3*2H,1H3;1H;. The SMILES string of the molecule is Br.CO.CO.CO.[V]. The van der Waals surface area contributed by atoms with Crippen LogP contribution in [0.1, 0.15) is 0 Å². The molecule has 0 aliphatic heterocycles. The molecule has 0 unspecified atom stereocenters. The maximum Gasteiger partial charge on any atom is 0.0319 e. The molecule has 0 aromatic heterocycles. The fourth-order valence-electron chi connectivity index (χ4n) is 0. The maximum atomic E-state index is 7.00.